The van der Waals surface area contributed by atoms with E-state index < -0.39 is 24.4 Å². The van der Waals surface area contributed by atoms with E-state index in [1.54, 1.807) is 13.8 Å². The molecule has 20 heavy (non-hydrogen) atoms. The second kappa shape index (κ2) is 4.57. The fraction of sp³-hybridized carbons (Fsp3) is 0.429. The Morgan fingerprint density at radius 3 is 2.25 bits per heavy atom. The van der Waals surface area contributed by atoms with Crippen LogP contribution in [0.1, 0.15) is 25.3 Å². The smallest absolute Gasteiger partial charge is 0.534 e. The second-order valence-electron chi connectivity index (χ2n) is 5.63. The molecule has 6 heteroatoms. The average molecular weight is 280 g/mol. The molecule has 3 rings (SSSR count). The van der Waals surface area contributed by atoms with E-state index in [9.17, 15) is 8.78 Å². The van der Waals surface area contributed by atoms with Gasteiger partial charge in [-0.25, -0.2) is 8.78 Å². The molecule has 2 saturated heterocycles. The minimum atomic E-state index is -1.09. The zero-order valence-corrected chi connectivity index (χ0v) is 11.4. The van der Waals surface area contributed by atoms with Crippen LogP contribution < -0.4 is 5.46 Å². The maximum Gasteiger partial charge on any atom is 0.569 e. The largest absolute Gasteiger partial charge is 0.569 e. The highest BCUT2D eigenvalue weighted by Gasteiger charge is 2.45. The summed E-state index contributed by atoms with van der Waals surface area (Å²) in [5.74, 6) is -0.910. The van der Waals surface area contributed by atoms with Gasteiger partial charge in [0.25, 0.3) is 0 Å². The van der Waals surface area contributed by atoms with E-state index >= 15 is 0 Å². The molecule has 0 amide bonds. The number of ether oxygens (including phenoxy) is 1. The Hall–Kier alpha value is -1.40. The van der Waals surface area contributed by atoms with Gasteiger partial charge < -0.3 is 14.0 Å². The van der Waals surface area contributed by atoms with Gasteiger partial charge in [-0.15, -0.1) is 0 Å². The molecule has 0 radical (unpaired) electrons. The van der Waals surface area contributed by atoms with E-state index in [-0.39, 0.29) is 11.4 Å². The number of rotatable bonds is 2. The lowest BCUT2D eigenvalue weighted by Crippen LogP contribution is -2.39. The summed E-state index contributed by atoms with van der Waals surface area (Å²) in [4.78, 5) is 0. The van der Waals surface area contributed by atoms with Crippen molar-refractivity contribution >= 4 is 12.6 Å². The van der Waals surface area contributed by atoms with Crippen molar-refractivity contribution < 1.29 is 22.8 Å². The highest BCUT2D eigenvalue weighted by molar-refractivity contribution is 6.62. The zero-order chi connectivity index (χ0) is 14.5. The van der Waals surface area contributed by atoms with Crippen LogP contribution in [0.15, 0.2) is 24.5 Å². The zero-order valence-electron chi connectivity index (χ0n) is 11.4. The van der Waals surface area contributed by atoms with Crippen LogP contribution in [0.3, 0.4) is 0 Å². The van der Waals surface area contributed by atoms with E-state index in [1.165, 1.54) is 12.1 Å². The maximum absolute atomic E-state index is 14.2. The number of benzene rings is 1. The molecule has 2 aliphatic rings. The Labute approximate surface area is 116 Å². The van der Waals surface area contributed by atoms with Crippen LogP contribution in [0.5, 0.6) is 0 Å². The molecule has 0 unspecified atom stereocenters. The van der Waals surface area contributed by atoms with Crippen molar-refractivity contribution in [2.45, 2.75) is 25.4 Å². The standard InChI is InChI=1S/C14H15BF2O3/c1-8-14(2,3)20-15(19-8)13-11(16)4-9(5-12(13)17)10-6-18-7-10/h4-5,10H,1,6-7H2,2-3H3. The van der Waals surface area contributed by atoms with Crippen LogP contribution in [-0.2, 0) is 14.0 Å². The van der Waals surface area contributed by atoms with E-state index in [2.05, 4.69) is 6.58 Å². The van der Waals surface area contributed by atoms with E-state index in [1.807, 2.05) is 0 Å². The summed E-state index contributed by atoms with van der Waals surface area (Å²) >= 11 is 0. The van der Waals surface area contributed by atoms with Crippen LogP contribution >= 0.6 is 0 Å². The highest BCUT2D eigenvalue weighted by Crippen LogP contribution is 2.31. The van der Waals surface area contributed by atoms with Gasteiger partial charge in [-0.2, -0.15) is 0 Å². The van der Waals surface area contributed by atoms with Gasteiger partial charge in [-0.3, -0.25) is 0 Å². The first-order valence-electron chi connectivity index (χ1n) is 6.49. The van der Waals surface area contributed by atoms with Crippen molar-refractivity contribution in [3.63, 3.8) is 0 Å². The van der Waals surface area contributed by atoms with Gasteiger partial charge >= 0.3 is 7.12 Å². The van der Waals surface area contributed by atoms with E-state index in [4.69, 9.17) is 14.0 Å². The molecule has 0 aliphatic carbocycles. The Kier molecular flexibility index (Phi) is 3.10. The molecule has 2 aliphatic heterocycles. The minimum Gasteiger partial charge on any atom is -0.534 e. The Balaban J connectivity index is 1.92. The summed E-state index contributed by atoms with van der Waals surface area (Å²) in [5.41, 5.74) is -0.365. The van der Waals surface area contributed by atoms with E-state index in [0.29, 0.717) is 24.5 Å². The van der Waals surface area contributed by atoms with Crippen LogP contribution in [-0.4, -0.2) is 25.9 Å². The molecule has 0 saturated carbocycles. The fourth-order valence-corrected chi connectivity index (χ4v) is 2.24. The molecule has 3 nitrogen and oxygen atoms in total. The molecule has 0 aromatic heterocycles. The predicted molar refractivity (Wildman–Crippen MR) is 70.7 cm³/mol. The van der Waals surface area contributed by atoms with Gasteiger partial charge in [0.15, 0.2) is 0 Å². The lowest BCUT2D eigenvalue weighted by molar-refractivity contribution is 0.00823. The molecule has 2 fully saturated rings. The van der Waals surface area contributed by atoms with Gasteiger partial charge in [0.1, 0.15) is 17.2 Å². The van der Waals surface area contributed by atoms with Crippen molar-refractivity contribution in [2.24, 2.45) is 0 Å². The molecule has 2 heterocycles. The van der Waals surface area contributed by atoms with Crippen molar-refractivity contribution in [1.82, 2.24) is 0 Å². The fourth-order valence-electron chi connectivity index (χ4n) is 2.24. The molecule has 0 bridgehead atoms. The summed E-state index contributed by atoms with van der Waals surface area (Å²) in [5, 5.41) is 0. The molecular formula is C14H15BF2O3. The SMILES string of the molecule is C=C1OB(c2c(F)cc(C3COC3)cc2F)OC1(C)C. The third kappa shape index (κ3) is 2.13. The molecule has 106 valence electrons. The summed E-state index contributed by atoms with van der Waals surface area (Å²) in [6, 6.07) is 2.65. The maximum atomic E-state index is 14.2. The number of hydrogen-bond donors (Lipinski definition) is 0. The van der Waals surface area contributed by atoms with Crippen LogP contribution in [0.2, 0.25) is 0 Å². The van der Waals surface area contributed by atoms with Crippen LogP contribution in [0, 0.1) is 11.6 Å². The normalized spacial score (nSPS) is 21.8. The average Bonchev–Trinajstić information content (AvgIpc) is 2.49. The number of hydrogen-bond acceptors (Lipinski definition) is 3. The second-order valence-corrected chi connectivity index (χ2v) is 5.63. The lowest BCUT2D eigenvalue weighted by atomic mass is 9.77. The minimum absolute atomic E-state index is 0.0601. The molecule has 0 spiro atoms. The van der Waals surface area contributed by atoms with Gasteiger partial charge in [0.2, 0.25) is 0 Å². The molecule has 0 N–H and O–H groups in total. The van der Waals surface area contributed by atoms with Crippen molar-refractivity contribution in [3.05, 3.63) is 41.7 Å². The first-order chi connectivity index (χ1) is 9.38. The Bertz CT molecular complexity index is 547. The molecular weight excluding hydrogens is 265 g/mol. The van der Waals surface area contributed by atoms with E-state index in [0.717, 1.165) is 0 Å². The van der Waals surface area contributed by atoms with Gasteiger partial charge in [-0.1, -0.05) is 6.58 Å². The summed E-state index contributed by atoms with van der Waals surface area (Å²) < 4.78 is 44.3. The van der Waals surface area contributed by atoms with Gasteiger partial charge in [0.05, 0.1) is 24.4 Å². The number of halogens is 2. The van der Waals surface area contributed by atoms with Gasteiger partial charge in [-0.05, 0) is 31.5 Å². The van der Waals surface area contributed by atoms with Gasteiger partial charge in [0, 0.05) is 5.92 Å². The third-order valence-electron chi connectivity index (χ3n) is 3.77. The summed E-state index contributed by atoms with van der Waals surface area (Å²) in [7, 11) is -1.09. The summed E-state index contributed by atoms with van der Waals surface area (Å²) in [6.45, 7) is 8.18. The first-order valence-corrected chi connectivity index (χ1v) is 6.49. The van der Waals surface area contributed by atoms with Crippen LogP contribution in [0.25, 0.3) is 0 Å². The third-order valence-corrected chi connectivity index (χ3v) is 3.77. The molecule has 0 atom stereocenters. The Morgan fingerprint density at radius 1 is 1.25 bits per heavy atom. The first kappa shape index (κ1) is 13.6. The Morgan fingerprint density at radius 2 is 1.85 bits per heavy atom. The molecule has 1 aromatic carbocycles. The van der Waals surface area contributed by atoms with Crippen LogP contribution in [0.4, 0.5) is 8.78 Å². The van der Waals surface area contributed by atoms with Crippen molar-refractivity contribution in [1.29, 1.82) is 0 Å². The quantitative estimate of drug-likeness (QED) is 0.777. The highest BCUT2D eigenvalue weighted by atomic mass is 19.1. The predicted octanol–water partition coefficient (Wildman–Crippen LogP) is 2.11. The lowest BCUT2D eigenvalue weighted by Gasteiger charge is -2.26. The van der Waals surface area contributed by atoms with Crippen molar-refractivity contribution in [3.8, 4) is 0 Å². The monoisotopic (exact) mass is 280 g/mol. The van der Waals surface area contributed by atoms with Crippen molar-refractivity contribution in [2.75, 3.05) is 13.2 Å². The molecule has 1 aromatic rings. The topological polar surface area (TPSA) is 27.7 Å². The summed E-state index contributed by atoms with van der Waals surface area (Å²) in [6.07, 6.45) is 0.